The van der Waals surface area contributed by atoms with Crippen molar-refractivity contribution >= 4 is 5.91 Å². The maximum absolute atomic E-state index is 13.8. The fraction of sp³-hybridized carbons (Fsp3) is 0.533. The molecule has 0 aliphatic heterocycles. The molecule has 0 aliphatic rings. The highest BCUT2D eigenvalue weighted by atomic mass is 19.1. The quantitative estimate of drug-likeness (QED) is 0.871. The number of methoxy groups -OCH3 is 1. The summed E-state index contributed by atoms with van der Waals surface area (Å²) in [5.74, 6) is -0.373. The van der Waals surface area contributed by atoms with Crippen molar-refractivity contribution in [3.05, 3.63) is 29.6 Å². The van der Waals surface area contributed by atoms with E-state index in [-0.39, 0.29) is 17.4 Å². The van der Waals surface area contributed by atoms with Crippen molar-refractivity contribution in [3.8, 4) is 5.75 Å². The summed E-state index contributed by atoms with van der Waals surface area (Å²) in [6.07, 6.45) is 0.677. The van der Waals surface area contributed by atoms with Crippen LogP contribution in [0.5, 0.6) is 5.75 Å². The van der Waals surface area contributed by atoms with E-state index < -0.39 is 11.7 Å². The van der Waals surface area contributed by atoms with E-state index in [0.717, 1.165) is 0 Å². The van der Waals surface area contributed by atoms with E-state index in [0.29, 0.717) is 18.9 Å². The van der Waals surface area contributed by atoms with Gasteiger partial charge >= 0.3 is 0 Å². The second-order valence-corrected chi connectivity index (χ2v) is 5.24. The van der Waals surface area contributed by atoms with Crippen LogP contribution in [0.3, 0.4) is 0 Å². The second kappa shape index (κ2) is 7.24. The first-order valence-corrected chi connectivity index (χ1v) is 6.72. The molecule has 1 amide bonds. The zero-order chi connectivity index (χ0) is 15.3. The molecule has 0 fully saturated rings. The highest BCUT2D eigenvalue weighted by molar-refractivity contribution is 5.97. The molecule has 0 aromatic heterocycles. The van der Waals surface area contributed by atoms with Crippen molar-refractivity contribution in [2.24, 2.45) is 11.7 Å². The Hall–Kier alpha value is -1.62. The average molecular weight is 282 g/mol. The third-order valence-corrected chi connectivity index (χ3v) is 3.41. The third kappa shape index (κ3) is 3.93. The maximum Gasteiger partial charge on any atom is 0.260 e. The van der Waals surface area contributed by atoms with E-state index in [1.165, 1.54) is 24.1 Å². The van der Waals surface area contributed by atoms with Crippen LogP contribution in [0.1, 0.15) is 30.6 Å². The van der Waals surface area contributed by atoms with Gasteiger partial charge in [0.2, 0.25) is 0 Å². The van der Waals surface area contributed by atoms with Crippen molar-refractivity contribution in [1.29, 1.82) is 0 Å². The minimum Gasteiger partial charge on any atom is -0.496 e. The summed E-state index contributed by atoms with van der Waals surface area (Å²) >= 11 is 0. The number of hydrogen-bond acceptors (Lipinski definition) is 3. The van der Waals surface area contributed by atoms with Gasteiger partial charge in [0.05, 0.1) is 7.11 Å². The van der Waals surface area contributed by atoms with Crippen LogP contribution in [0.25, 0.3) is 0 Å². The molecule has 2 N–H and O–H groups in total. The Morgan fingerprint density at radius 3 is 2.65 bits per heavy atom. The zero-order valence-electron chi connectivity index (χ0n) is 12.5. The SMILES string of the molecule is COc1cccc(F)c1C(=O)N(C)CCC(N)C(C)C. The molecule has 112 valence electrons. The van der Waals surface area contributed by atoms with Crippen LogP contribution in [0.2, 0.25) is 0 Å². The third-order valence-electron chi connectivity index (χ3n) is 3.41. The molecule has 1 aromatic carbocycles. The summed E-state index contributed by atoms with van der Waals surface area (Å²) in [6.45, 7) is 4.55. The standard InChI is InChI=1S/C15H23FN2O2/c1-10(2)12(17)8-9-18(3)15(19)14-11(16)6-5-7-13(14)20-4/h5-7,10,12H,8-9,17H2,1-4H3. The molecule has 20 heavy (non-hydrogen) atoms. The second-order valence-electron chi connectivity index (χ2n) is 5.24. The summed E-state index contributed by atoms with van der Waals surface area (Å²) < 4.78 is 18.9. The molecule has 0 aliphatic carbocycles. The lowest BCUT2D eigenvalue weighted by atomic mass is 10.0. The van der Waals surface area contributed by atoms with Gasteiger partial charge in [0.1, 0.15) is 17.1 Å². The molecular weight excluding hydrogens is 259 g/mol. The fourth-order valence-corrected chi connectivity index (χ4v) is 1.85. The summed E-state index contributed by atoms with van der Waals surface area (Å²) in [6, 6.07) is 4.36. The van der Waals surface area contributed by atoms with Gasteiger partial charge in [-0.2, -0.15) is 0 Å². The summed E-state index contributed by atoms with van der Waals surface area (Å²) in [4.78, 5) is 13.8. The highest BCUT2D eigenvalue weighted by Gasteiger charge is 2.21. The smallest absolute Gasteiger partial charge is 0.260 e. The monoisotopic (exact) mass is 282 g/mol. The molecule has 0 heterocycles. The summed E-state index contributed by atoms with van der Waals surface area (Å²) in [7, 11) is 3.06. The van der Waals surface area contributed by atoms with Gasteiger partial charge in [0, 0.05) is 19.6 Å². The molecule has 4 nitrogen and oxygen atoms in total. The zero-order valence-corrected chi connectivity index (χ0v) is 12.5. The largest absolute Gasteiger partial charge is 0.496 e. The lowest BCUT2D eigenvalue weighted by molar-refractivity contribution is 0.0781. The van der Waals surface area contributed by atoms with Crippen molar-refractivity contribution in [3.63, 3.8) is 0 Å². The first kappa shape index (κ1) is 16.4. The Labute approximate surface area is 119 Å². The summed E-state index contributed by atoms with van der Waals surface area (Å²) in [5, 5.41) is 0. The Morgan fingerprint density at radius 1 is 1.45 bits per heavy atom. The maximum atomic E-state index is 13.8. The van der Waals surface area contributed by atoms with Crippen molar-refractivity contribution in [1.82, 2.24) is 4.90 Å². The number of carbonyl (C=O) groups is 1. The van der Waals surface area contributed by atoms with E-state index in [4.69, 9.17) is 10.5 Å². The van der Waals surface area contributed by atoms with Crippen molar-refractivity contribution in [2.75, 3.05) is 20.7 Å². The van der Waals surface area contributed by atoms with Gasteiger partial charge < -0.3 is 15.4 Å². The molecule has 1 rings (SSSR count). The summed E-state index contributed by atoms with van der Waals surface area (Å²) in [5.41, 5.74) is 5.92. The Kier molecular flexibility index (Phi) is 5.95. The molecule has 1 atom stereocenters. The number of rotatable bonds is 6. The van der Waals surface area contributed by atoms with Gasteiger partial charge in [-0.25, -0.2) is 4.39 Å². The predicted octanol–water partition coefficient (Wildman–Crippen LogP) is 2.28. The van der Waals surface area contributed by atoms with E-state index >= 15 is 0 Å². The number of amides is 1. The van der Waals surface area contributed by atoms with E-state index in [9.17, 15) is 9.18 Å². The van der Waals surface area contributed by atoms with Crippen LogP contribution in [-0.2, 0) is 0 Å². The first-order valence-electron chi connectivity index (χ1n) is 6.72. The minimum absolute atomic E-state index is 0.0211. The minimum atomic E-state index is -0.575. The molecule has 0 radical (unpaired) electrons. The molecule has 0 bridgehead atoms. The normalized spacial score (nSPS) is 12.3. The van der Waals surface area contributed by atoms with Crippen LogP contribution in [0, 0.1) is 11.7 Å². The molecular formula is C15H23FN2O2. The lowest BCUT2D eigenvalue weighted by Crippen LogP contribution is -2.35. The van der Waals surface area contributed by atoms with E-state index in [1.807, 2.05) is 13.8 Å². The Morgan fingerprint density at radius 2 is 2.10 bits per heavy atom. The molecule has 1 unspecified atom stereocenters. The number of halogens is 1. The van der Waals surface area contributed by atoms with Crippen molar-refractivity contribution < 1.29 is 13.9 Å². The van der Waals surface area contributed by atoms with Crippen LogP contribution < -0.4 is 10.5 Å². The Bertz CT molecular complexity index is 463. The molecule has 0 saturated heterocycles. The molecule has 0 spiro atoms. The van der Waals surface area contributed by atoms with Gasteiger partial charge in [-0.3, -0.25) is 4.79 Å². The molecule has 5 heteroatoms. The molecule has 0 saturated carbocycles. The predicted molar refractivity (Wildman–Crippen MR) is 77.3 cm³/mol. The number of nitrogens with two attached hydrogens (primary N) is 1. The molecule has 1 aromatic rings. The average Bonchev–Trinajstić information content (AvgIpc) is 2.42. The lowest BCUT2D eigenvalue weighted by Gasteiger charge is -2.22. The Balaban J connectivity index is 2.79. The topological polar surface area (TPSA) is 55.6 Å². The number of carbonyl (C=O) groups excluding carboxylic acids is 1. The van der Waals surface area contributed by atoms with Gasteiger partial charge in [-0.1, -0.05) is 19.9 Å². The number of ether oxygens (including phenoxy) is 1. The first-order chi connectivity index (χ1) is 9.38. The number of hydrogen-bond donors (Lipinski definition) is 1. The highest BCUT2D eigenvalue weighted by Crippen LogP contribution is 2.22. The number of benzene rings is 1. The van der Waals surface area contributed by atoms with Gasteiger partial charge in [0.15, 0.2) is 0 Å². The van der Waals surface area contributed by atoms with Crippen LogP contribution >= 0.6 is 0 Å². The number of nitrogens with zero attached hydrogens (tertiary/aromatic N) is 1. The van der Waals surface area contributed by atoms with Crippen molar-refractivity contribution in [2.45, 2.75) is 26.3 Å². The van der Waals surface area contributed by atoms with Gasteiger partial charge in [-0.05, 0) is 24.5 Å². The van der Waals surface area contributed by atoms with E-state index in [1.54, 1.807) is 13.1 Å². The fourth-order valence-electron chi connectivity index (χ4n) is 1.85. The van der Waals surface area contributed by atoms with Crippen LogP contribution in [0.15, 0.2) is 18.2 Å². The van der Waals surface area contributed by atoms with Gasteiger partial charge in [-0.15, -0.1) is 0 Å². The van der Waals surface area contributed by atoms with Crippen LogP contribution in [0.4, 0.5) is 4.39 Å². The van der Waals surface area contributed by atoms with Gasteiger partial charge in [0.25, 0.3) is 5.91 Å². The van der Waals surface area contributed by atoms with E-state index in [2.05, 4.69) is 0 Å². The van der Waals surface area contributed by atoms with Crippen LogP contribution in [-0.4, -0.2) is 37.6 Å².